The minimum absolute atomic E-state index is 0.0575. The summed E-state index contributed by atoms with van der Waals surface area (Å²) in [4.78, 5) is 13.6. The van der Waals surface area contributed by atoms with E-state index in [4.69, 9.17) is 5.73 Å². The maximum Gasteiger partial charge on any atom is 0.301 e. The molecule has 5 nitrogen and oxygen atoms in total. The smallest absolute Gasteiger partial charge is 0.301 e. The van der Waals surface area contributed by atoms with E-state index in [1.54, 1.807) is 0 Å². The molecule has 0 amide bonds. The van der Waals surface area contributed by atoms with Crippen molar-refractivity contribution >= 4 is 21.6 Å². The van der Waals surface area contributed by atoms with Crippen LogP contribution in [-0.2, 0) is 6.54 Å². The van der Waals surface area contributed by atoms with Gasteiger partial charge in [0.15, 0.2) is 0 Å². The largest absolute Gasteiger partial charge is 0.326 e. The molecule has 0 bridgehead atoms. The maximum atomic E-state index is 10.4. The van der Waals surface area contributed by atoms with Crippen LogP contribution in [0.3, 0.4) is 0 Å². The number of pyridine rings is 1. The molecule has 0 aliphatic carbocycles. The molecule has 1 heterocycles. The zero-order valence-corrected chi connectivity index (χ0v) is 7.61. The molecule has 64 valence electrons. The molecule has 0 aliphatic heterocycles. The Morgan fingerprint density at radius 3 is 2.83 bits per heavy atom. The standard InChI is InChI=1S/C6H6BrN3O2/c7-6-4(1-8)2-9-3-5(6)10(11)12/h2-3H,1,8H2. The van der Waals surface area contributed by atoms with Gasteiger partial charge >= 0.3 is 5.69 Å². The summed E-state index contributed by atoms with van der Waals surface area (Å²) in [6, 6.07) is 0. The lowest BCUT2D eigenvalue weighted by molar-refractivity contribution is -0.386. The first-order valence-corrected chi connectivity index (χ1v) is 3.93. The van der Waals surface area contributed by atoms with Gasteiger partial charge in [-0.2, -0.15) is 0 Å². The molecule has 0 aromatic carbocycles. The summed E-state index contributed by atoms with van der Waals surface area (Å²) in [5.41, 5.74) is 5.90. The van der Waals surface area contributed by atoms with Gasteiger partial charge in [-0.05, 0) is 15.9 Å². The molecule has 0 aliphatic rings. The van der Waals surface area contributed by atoms with Gasteiger partial charge < -0.3 is 5.73 Å². The van der Waals surface area contributed by atoms with Crippen molar-refractivity contribution in [2.75, 3.05) is 0 Å². The van der Waals surface area contributed by atoms with E-state index in [2.05, 4.69) is 20.9 Å². The first-order valence-electron chi connectivity index (χ1n) is 3.13. The number of aromatic nitrogens is 1. The van der Waals surface area contributed by atoms with Gasteiger partial charge in [0.25, 0.3) is 0 Å². The van der Waals surface area contributed by atoms with E-state index in [-0.39, 0.29) is 12.2 Å². The Hall–Kier alpha value is -1.01. The molecule has 1 aromatic heterocycles. The van der Waals surface area contributed by atoms with Crippen LogP contribution in [-0.4, -0.2) is 9.91 Å². The number of nitrogens with two attached hydrogens (primary N) is 1. The highest BCUT2D eigenvalue weighted by atomic mass is 79.9. The molecule has 0 fully saturated rings. The quantitative estimate of drug-likeness (QED) is 0.613. The van der Waals surface area contributed by atoms with E-state index in [1.807, 2.05) is 0 Å². The van der Waals surface area contributed by atoms with Crippen molar-refractivity contribution in [3.05, 3.63) is 32.5 Å². The predicted octanol–water partition coefficient (Wildman–Crippen LogP) is 1.21. The summed E-state index contributed by atoms with van der Waals surface area (Å²) in [5, 5.41) is 10.4. The van der Waals surface area contributed by atoms with Gasteiger partial charge in [-0.3, -0.25) is 15.1 Å². The fourth-order valence-electron chi connectivity index (χ4n) is 0.745. The Kier molecular flexibility index (Phi) is 2.72. The van der Waals surface area contributed by atoms with Gasteiger partial charge in [0.2, 0.25) is 0 Å². The number of rotatable bonds is 2. The van der Waals surface area contributed by atoms with E-state index in [1.165, 1.54) is 12.4 Å². The van der Waals surface area contributed by atoms with Crippen molar-refractivity contribution in [1.29, 1.82) is 0 Å². The van der Waals surface area contributed by atoms with Gasteiger partial charge in [-0.1, -0.05) is 0 Å². The highest BCUT2D eigenvalue weighted by Gasteiger charge is 2.14. The second kappa shape index (κ2) is 3.59. The molecule has 0 atom stereocenters. The Balaban J connectivity index is 3.23. The van der Waals surface area contributed by atoms with E-state index in [9.17, 15) is 10.1 Å². The van der Waals surface area contributed by atoms with Crippen LogP contribution in [0.25, 0.3) is 0 Å². The second-order valence-electron chi connectivity index (χ2n) is 2.09. The Morgan fingerprint density at radius 1 is 1.67 bits per heavy atom. The van der Waals surface area contributed by atoms with E-state index >= 15 is 0 Å². The van der Waals surface area contributed by atoms with Gasteiger partial charge in [-0.15, -0.1) is 0 Å². The van der Waals surface area contributed by atoms with Crippen molar-refractivity contribution in [2.24, 2.45) is 5.73 Å². The first kappa shape index (κ1) is 9.08. The van der Waals surface area contributed by atoms with E-state index < -0.39 is 4.92 Å². The lowest BCUT2D eigenvalue weighted by atomic mass is 10.3. The van der Waals surface area contributed by atoms with Crippen LogP contribution in [0.1, 0.15) is 5.56 Å². The average Bonchev–Trinajstić information content (AvgIpc) is 2.04. The van der Waals surface area contributed by atoms with Crippen molar-refractivity contribution in [2.45, 2.75) is 6.54 Å². The lowest BCUT2D eigenvalue weighted by Crippen LogP contribution is -2.00. The third-order valence-corrected chi connectivity index (χ3v) is 2.27. The normalized spacial score (nSPS) is 9.83. The average molecular weight is 232 g/mol. The number of hydrogen-bond donors (Lipinski definition) is 1. The molecular formula is C6H6BrN3O2. The van der Waals surface area contributed by atoms with Crippen LogP contribution in [0.4, 0.5) is 5.69 Å². The number of halogens is 1. The molecular weight excluding hydrogens is 226 g/mol. The Labute approximate surface area is 76.9 Å². The van der Waals surface area contributed by atoms with Crippen LogP contribution < -0.4 is 5.73 Å². The molecule has 2 N–H and O–H groups in total. The van der Waals surface area contributed by atoms with Crippen LogP contribution >= 0.6 is 15.9 Å². The molecule has 1 rings (SSSR count). The molecule has 0 saturated heterocycles. The monoisotopic (exact) mass is 231 g/mol. The van der Waals surface area contributed by atoms with Gasteiger partial charge in [0, 0.05) is 18.3 Å². The maximum absolute atomic E-state index is 10.4. The molecule has 0 spiro atoms. The highest BCUT2D eigenvalue weighted by molar-refractivity contribution is 9.10. The SMILES string of the molecule is NCc1cncc([N+](=O)[O-])c1Br. The minimum atomic E-state index is -0.504. The summed E-state index contributed by atoms with van der Waals surface area (Å²) < 4.78 is 0.407. The zero-order chi connectivity index (χ0) is 9.14. The fourth-order valence-corrected chi connectivity index (χ4v) is 1.26. The van der Waals surface area contributed by atoms with Crippen LogP contribution in [0.2, 0.25) is 0 Å². The van der Waals surface area contributed by atoms with Crippen molar-refractivity contribution in [3.63, 3.8) is 0 Å². The summed E-state index contributed by atoms with van der Waals surface area (Å²) in [6.07, 6.45) is 2.68. The number of nitrogens with zero attached hydrogens (tertiary/aromatic N) is 2. The summed E-state index contributed by atoms with van der Waals surface area (Å²) in [5.74, 6) is 0. The van der Waals surface area contributed by atoms with Gasteiger partial charge in [0.05, 0.1) is 4.92 Å². The molecule has 0 radical (unpaired) electrons. The zero-order valence-electron chi connectivity index (χ0n) is 6.03. The third-order valence-electron chi connectivity index (χ3n) is 1.35. The molecule has 12 heavy (non-hydrogen) atoms. The predicted molar refractivity (Wildman–Crippen MR) is 46.5 cm³/mol. The topological polar surface area (TPSA) is 82.0 Å². The third kappa shape index (κ3) is 1.59. The molecule has 6 heteroatoms. The van der Waals surface area contributed by atoms with Crippen molar-refractivity contribution in [3.8, 4) is 0 Å². The van der Waals surface area contributed by atoms with Crippen LogP contribution in [0.5, 0.6) is 0 Å². The van der Waals surface area contributed by atoms with Crippen LogP contribution in [0, 0.1) is 10.1 Å². The van der Waals surface area contributed by atoms with Crippen molar-refractivity contribution in [1.82, 2.24) is 4.98 Å². The van der Waals surface area contributed by atoms with Gasteiger partial charge in [-0.25, -0.2) is 0 Å². The highest BCUT2D eigenvalue weighted by Crippen LogP contribution is 2.26. The number of nitro groups is 1. The summed E-state index contributed by atoms with van der Waals surface area (Å²) in [6.45, 7) is 0.231. The van der Waals surface area contributed by atoms with Crippen molar-refractivity contribution < 1.29 is 4.92 Å². The Morgan fingerprint density at radius 2 is 2.33 bits per heavy atom. The van der Waals surface area contributed by atoms with E-state index in [0.717, 1.165) is 0 Å². The Bertz CT molecular complexity index is 316. The number of hydrogen-bond acceptors (Lipinski definition) is 4. The summed E-state index contributed by atoms with van der Waals surface area (Å²) in [7, 11) is 0. The van der Waals surface area contributed by atoms with Crippen LogP contribution in [0.15, 0.2) is 16.9 Å². The lowest BCUT2D eigenvalue weighted by Gasteiger charge is -1.99. The second-order valence-corrected chi connectivity index (χ2v) is 2.89. The van der Waals surface area contributed by atoms with E-state index in [0.29, 0.717) is 10.0 Å². The fraction of sp³-hybridized carbons (Fsp3) is 0.167. The molecule has 0 saturated carbocycles. The minimum Gasteiger partial charge on any atom is -0.326 e. The molecule has 1 aromatic rings. The van der Waals surface area contributed by atoms with Gasteiger partial charge in [0.1, 0.15) is 10.7 Å². The summed E-state index contributed by atoms with van der Waals surface area (Å²) >= 11 is 3.08. The molecule has 0 unspecified atom stereocenters. The first-order chi connectivity index (χ1) is 5.66.